The van der Waals surface area contributed by atoms with Crippen LogP contribution >= 0.6 is 0 Å². The molecule has 2 fully saturated rings. The predicted molar refractivity (Wildman–Crippen MR) is 56.0 cm³/mol. The molecule has 1 amide bonds. The van der Waals surface area contributed by atoms with Gasteiger partial charge in [-0.2, -0.15) is 0 Å². The second kappa shape index (κ2) is 3.54. The molecule has 1 aliphatic carbocycles. The summed E-state index contributed by atoms with van der Waals surface area (Å²) < 4.78 is 0. The highest BCUT2D eigenvalue weighted by atomic mass is 16.2. The van der Waals surface area contributed by atoms with E-state index in [1.54, 1.807) is 0 Å². The Morgan fingerprint density at radius 3 is 2.71 bits per heavy atom. The summed E-state index contributed by atoms with van der Waals surface area (Å²) in [5.74, 6) is 0.386. The van der Waals surface area contributed by atoms with Crippen LogP contribution in [0, 0.1) is 5.41 Å². The normalized spacial score (nSPS) is 31.0. The van der Waals surface area contributed by atoms with Crippen molar-refractivity contribution in [2.75, 3.05) is 19.6 Å². The summed E-state index contributed by atoms with van der Waals surface area (Å²) in [7, 11) is 0. The van der Waals surface area contributed by atoms with Gasteiger partial charge >= 0.3 is 0 Å². The Kier molecular flexibility index (Phi) is 2.52. The van der Waals surface area contributed by atoms with Crippen LogP contribution in [0.3, 0.4) is 0 Å². The molecule has 0 aromatic carbocycles. The Labute approximate surface area is 85.8 Å². The summed E-state index contributed by atoms with van der Waals surface area (Å²) in [6, 6.07) is 0.455. The van der Waals surface area contributed by atoms with E-state index < -0.39 is 0 Å². The van der Waals surface area contributed by atoms with Crippen LogP contribution in [0.1, 0.15) is 33.1 Å². The van der Waals surface area contributed by atoms with Gasteiger partial charge in [-0.05, 0) is 19.8 Å². The minimum absolute atomic E-state index is 0.0168. The summed E-state index contributed by atoms with van der Waals surface area (Å²) in [6.07, 6.45) is 3.40. The van der Waals surface area contributed by atoms with Crippen molar-refractivity contribution in [3.8, 4) is 0 Å². The van der Waals surface area contributed by atoms with Gasteiger partial charge < -0.3 is 10.2 Å². The van der Waals surface area contributed by atoms with E-state index in [4.69, 9.17) is 0 Å². The monoisotopic (exact) mass is 196 g/mol. The zero-order valence-electron chi connectivity index (χ0n) is 9.18. The molecule has 0 bridgehead atoms. The smallest absolute Gasteiger partial charge is 0.228 e. The van der Waals surface area contributed by atoms with Crippen LogP contribution < -0.4 is 5.32 Å². The van der Waals surface area contributed by atoms with E-state index in [2.05, 4.69) is 19.2 Å². The van der Waals surface area contributed by atoms with E-state index in [1.165, 1.54) is 6.42 Å². The molecule has 2 aliphatic rings. The van der Waals surface area contributed by atoms with Crippen molar-refractivity contribution in [2.24, 2.45) is 5.41 Å². The van der Waals surface area contributed by atoms with E-state index in [0.717, 1.165) is 32.5 Å². The summed E-state index contributed by atoms with van der Waals surface area (Å²) in [6.45, 7) is 6.98. The second-order valence-corrected chi connectivity index (χ2v) is 5.02. The zero-order valence-corrected chi connectivity index (χ0v) is 9.18. The number of carbonyl (C=O) groups excluding carboxylic acids is 1. The molecular formula is C11H20N2O. The lowest BCUT2D eigenvalue weighted by atomic mass is 9.69. The van der Waals surface area contributed by atoms with Gasteiger partial charge in [-0.3, -0.25) is 4.79 Å². The standard InChI is InChI=1S/C11H20N2O/c1-9-8-13(7-6-12-9)10(14)11(2)4-3-5-11/h9,12H,3-8H2,1-2H3. The van der Waals surface area contributed by atoms with Crippen LogP contribution in [0.4, 0.5) is 0 Å². The number of hydrogen-bond acceptors (Lipinski definition) is 2. The van der Waals surface area contributed by atoms with Crippen molar-refractivity contribution in [1.29, 1.82) is 0 Å². The van der Waals surface area contributed by atoms with Gasteiger partial charge in [0.1, 0.15) is 0 Å². The number of nitrogens with zero attached hydrogens (tertiary/aromatic N) is 1. The number of piperazine rings is 1. The van der Waals surface area contributed by atoms with Crippen molar-refractivity contribution < 1.29 is 4.79 Å². The highest BCUT2D eigenvalue weighted by molar-refractivity contribution is 5.83. The molecule has 0 aromatic heterocycles. The molecule has 1 saturated carbocycles. The summed E-state index contributed by atoms with van der Waals surface area (Å²) in [5.41, 5.74) is -0.0168. The van der Waals surface area contributed by atoms with Crippen LogP contribution in [-0.2, 0) is 4.79 Å². The van der Waals surface area contributed by atoms with Crippen molar-refractivity contribution in [3.05, 3.63) is 0 Å². The first kappa shape index (κ1) is 9.97. The van der Waals surface area contributed by atoms with Crippen molar-refractivity contribution in [1.82, 2.24) is 10.2 Å². The van der Waals surface area contributed by atoms with Crippen LogP contribution in [-0.4, -0.2) is 36.5 Å². The Balaban J connectivity index is 1.96. The third kappa shape index (κ3) is 1.65. The van der Waals surface area contributed by atoms with Gasteiger partial charge in [-0.25, -0.2) is 0 Å². The maximum atomic E-state index is 12.1. The fraction of sp³-hybridized carbons (Fsp3) is 0.909. The summed E-state index contributed by atoms with van der Waals surface area (Å²) >= 11 is 0. The lowest BCUT2D eigenvalue weighted by Gasteiger charge is -2.43. The molecular weight excluding hydrogens is 176 g/mol. The van der Waals surface area contributed by atoms with Gasteiger partial charge in [0.2, 0.25) is 5.91 Å². The molecule has 1 aliphatic heterocycles. The number of carbonyl (C=O) groups is 1. The third-order valence-electron chi connectivity index (χ3n) is 3.63. The first-order valence-corrected chi connectivity index (χ1v) is 5.65. The summed E-state index contributed by atoms with van der Waals surface area (Å²) in [4.78, 5) is 14.2. The largest absolute Gasteiger partial charge is 0.339 e. The van der Waals surface area contributed by atoms with E-state index in [9.17, 15) is 4.79 Å². The van der Waals surface area contributed by atoms with E-state index in [0.29, 0.717) is 11.9 Å². The molecule has 0 aromatic rings. The van der Waals surface area contributed by atoms with Crippen LogP contribution in [0.25, 0.3) is 0 Å². The molecule has 14 heavy (non-hydrogen) atoms. The Morgan fingerprint density at radius 1 is 1.50 bits per heavy atom. The van der Waals surface area contributed by atoms with E-state index in [-0.39, 0.29) is 5.41 Å². The molecule has 3 heteroatoms. The van der Waals surface area contributed by atoms with Gasteiger partial charge in [-0.15, -0.1) is 0 Å². The fourth-order valence-electron chi connectivity index (χ4n) is 2.42. The molecule has 80 valence electrons. The first-order valence-electron chi connectivity index (χ1n) is 5.65. The molecule has 1 saturated heterocycles. The van der Waals surface area contributed by atoms with E-state index >= 15 is 0 Å². The Hall–Kier alpha value is -0.570. The summed E-state index contributed by atoms with van der Waals surface area (Å²) in [5, 5.41) is 3.36. The molecule has 2 rings (SSSR count). The highest BCUT2D eigenvalue weighted by Crippen LogP contribution is 2.41. The van der Waals surface area contributed by atoms with Gasteiger partial charge in [0.05, 0.1) is 0 Å². The topological polar surface area (TPSA) is 32.3 Å². The van der Waals surface area contributed by atoms with Crippen LogP contribution in [0.15, 0.2) is 0 Å². The van der Waals surface area contributed by atoms with Gasteiger partial charge in [0, 0.05) is 31.1 Å². The van der Waals surface area contributed by atoms with Gasteiger partial charge in [0.15, 0.2) is 0 Å². The highest BCUT2D eigenvalue weighted by Gasteiger charge is 2.42. The SMILES string of the molecule is CC1CN(C(=O)C2(C)CCC2)CCN1. The average molecular weight is 196 g/mol. The number of amides is 1. The third-order valence-corrected chi connectivity index (χ3v) is 3.63. The molecule has 0 radical (unpaired) electrons. The molecule has 1 atom stereocenters. The van der Waals surface area contributed by atoms with Crippen LogP contribution in [0.2, 0.25) is 0 Å². The first-order chi connectivity index (χ1) is 6.62. The number of hydrogen-bond donors (Lipinski definition) is 1. The fourth-order valence-corrected chi connectivity index (χ4v) is 2.42. The molecule has 1 unspecified atom stereocenters. The van der Waals surface area contributed by atoms with Crippen molar-refractivity contribution >= 4 is 5.91 Å². The zero-order chi connectivity index (χ0) is 10.2. The molecule has 0 spiro atoms. The van der Waals surface area contributed by atoms with Crippen molar-refractivity contribution in [3.63, 3.8) is 0 Å². The van der Waals surface area contributed by atoms with E-state index in [1.807, 2.05) is 4.90 Å². The Bertz CT molecular complexity index is 235. The lowest BCUT2D eigenvalue weighted by molar-refractivity contribution is -0.147. The Morgan fingerprint density at radius 2 is 2.21 bits per heavy atom. The molecule has 1 N–H and O–H groups in total. The number of rotatable bonds is 1. The second-order valence-electron chi connectivity index (χ2n) is 5.02. The maximum Gasteiger partial charge on any atom is 0.228 e. The minimum atomic E-state index is -0.0168. The van der Waals surface area contributed by atoms with Gasteiger partial charge in [-0.1, -0.05) is 13.3 Å². The predicted octanol–water partition coefficient (Wildman–Crippen LogP) is 0.997. The van der Waals surface area contributed by atoms with Gasteiger partial charge in [0.25, 0.3) is 0 Å². The lowest BCUT2D eigenvalue weighted by Crippen LogP contribution is -2.56. The average Bonchev–Trinajstić information content (AvgIpc) is 2.13. The minimum Gasteiger partial charge on any atom is -0.339 e. The molecule has 3 nitrogen and oxygen atoms in total. The van der Waals surface area contributed by atoms with Crippen molar-refractivity contribution in [2.45, 2.75) is 39.2 Å². The van der Waals surface area contributed by atoms with Crippen LogP contribution in [0.5, 0.6) is 0 Å². The quantitative estimate of drug-likeness (QED) is 0.678. The maximum absolute atomic E-state index is 12.1. The molecule has 1 heterocycles. The number of nitrogens with one attached hydrogen (secondary N) is 1.